The molecule has 0 aliphatic carbocycles. The number of ketones is 1. The highest BCUT2D eigenvalue weighted by molar-refractivity contribution is 6.04. The Kier molecular flexibility index (Phi) is 7.12. The first-order valence-corrected chi connectivity index (χ1v) is 11.9. The van der Waals surface area contributed by atoms with E-state index in [0.29, 0.717) is 52.0 Å². The van der Waals surface area contributed by atoms with Crippen LogP contribution in [0.15, 0.2) is 54.6 Å². The van der Waals surface area contributed by atoms with Crippen molar-refractivity contribution in [3.05, 3.63) is 71.3 Å². The van der Waals surface area contributed by atoms with Crippen LogP contribution in [0.4, 0.5) is 4.79 Å². The van der Waals surface area contributed by atoms with E-state index in [2.05, 4.69) is 5.32 Å². The number of hydrogen-bond donors (Lipinski definition) is 1. The first kappa shape index (κ1) is 25.1. The van der Waals surface area contributed by atoms with Crippen LogP contribution >= 0.6 is 0 Å². The van der Waals surface area contributed by atoms with E-state index < -0.39 is 18.3 Å². The molecule has 3 aromatic carbocycles. The Morgan fingerprint density at radius 2 is 1.71 bits per heavy atom. The molecule has 0 saturated carbocycles. The summed E-state index contributed by atoms with van der Waals surface area (Å²) in [6, 6.07) is 15.6. The van der Waals surface area contributed by atoms with Crippen molar-refractivity contribution in [2.24, 2.45) is 0 Å². The molecule has 0 radical (unpaired) electrons. The van der Waals surface area contributed by atoms with Crippen molar-refractivity contribution < 1.29 is 42.7 Å². The maximum atomic E-state index is 13.5. The fourth-order valence-electron chi connectivity index (χ4n) is 4.37. The lowest BCUT2D eigenvalue weighted by atomic mass is 9.93. The fraction of sp³-hybridized carbons (Fsp3) is 0.286. The van der Waals surface area contributed by atoms with Gasteiger partial charge in [0.2, 0.25) is 18.7 Å². The largest absolute Gasteiger partial charge is 0.497 e. The van der Waals surface area contributed by atoms with Crippen LogP contribution in [0.2, 0.25) is 0 Å². The van der Waals surface area contributed by atoms with Crippen molar-refractivity contribution >= 4 is 11.9 Å². The highest BCUT2D eigenvalue weighted by Gasteiger charge is 2.42. The normalized spacial score (nSPS) is 17.2. The third-order valence-corrected chi connectivity index (χ3v) is 6.33. The summed E-state index contributed by atoms with van der Waals surface area (Å²) in [7, 11) is 4.66. The van der Waals surface area contributed by atoms with Gasteiger partial charge in [0.1, 0.15) is 11.5 Å². The topological polar surface area (TPSA) is 111 Å². The third kappa shape index (κ3) is 4.97. The van der Waals surface area contributed by atoms with Crippen LogP contribution in [0.25, 0.3) is 0 Å². The van der Waals surface area contributed by atoms with Gasteiger partial charge in [-0.3, -0.25) is 4.79 Å². The molecule has 1 amide bonds. The molecule has 0 saturated heterocycles. The van der Waals surface area contributed by atoms with Gasteiger partial charge >= 0.3 is 6.09 Å². The summed E-state index contributed by atoms with van der Waals surface area (Å²) in [6.07, 6.45) is -2.36. The number of nitrogens with one attached hydrogen (secondary N) is 1. The number of carbonyl (C=O) groups is 2. The molecule has 2 atom stereocenters. The number of amides is 1. The molecule has 2 heterocycles. The van der Waals surface area contributed by atoms with Crippen LogP contribution in [0.3, 0.4) is 0 Å². The average molecular weight is 522 g/mol. The summed E-state index contributed by atoms with van der Waals surface area (Å²) in [5.41, 5.74) is 1.83. The highest BCUT2D eigenvalue weighted by atomic mass is 16.7. The van der Waals surface area contributed by atoms with Gasteiger partial charge in [0, 0.05) is 18.2 Å². The lowest BCUT2D eigenvalue weighted by molar-refractivity contribution is 0.00902. The standard InChI is InChI=1S/C28H27NO9/c1-32-18-6-7-19-22(14-18)37-26(17-5-9-21-24(13-17)36-15-35-21)27(25(19)30)38-28(31)29-11-10-16-4-8-20(33-2)23(12-16)34-3/h4-9,12-14,26-27H,10-11,15H2,1-3H3,(H,29,31)/t26-,27+/m1/s1. The summed E-state index contributed by atoms with van der Waals surface area (Å²) < 4.78 is 38.6. The van der Waals surface area contributed by atoms with E-state index in [1.165, 1.54) is 7.11 Å². The Labute approximate surface area is 219 Å². The SMILES string of the molecule is COc1ccc2c(c1)O[C@H](c1ccc3c(c1)OCO3)[C@@H](OC(=O)NCCc1ccc(OC)c(OC)c1)C2=O. The van der Waals surface area contributed by atoms with E-state index in [0.717, 1.165) is 5.56 Å². The average Bonchev–Trinajstić information content (AvgIpc) is 3.42. The van der Waals surface area contributed by atoms with Crippen LogP contribution < -0.4 is 33.7 Å². The molecule has 198 valence electrons. The third-order valence-electron chi connectivity index (χ3n) is 6.33. The van der Waals surface area contributed by atoms with Crippen LogP contribution in [-0.4, -0.2) is 52.6 Å². The van der Waals surface area contributed by atoms with Gasteiger partial charge in [-0.05, 0) is 48.4 Å². The predicted octanol–water partition coefficient (Wildman–Crippen LogP) is 4.10. The molecule has 0 fully saturated rings. The van der Waals surface area contributed by atoms with E-state index in [9.17, 15) is 9.59 Å². The molecule has 0 aromatic heterocycles. The van der Waals surface area contributed by atoms with Crippen LogP contribution in [0.1, 0.15) is 27.6 Å². The van der Waals surface area contributed by atoms with Crippen molar-refractivity contribution in [1.29, 1.82) is 0 Å². The molecule has 5 rings (SSSR count). The first-order chi connectivity index (χ1) is 18.5. The summed E-state index contributed by atoms with van der Waals surface area (Å²) in [4.78, 5) is 26.3. The molecular weight excluding hydrogens is 494 g/mol. The molecule has 0 unspecified atom stereocenters. The van der Waals surface area contributed by atoms with E-state index in [4.69, 9.17) is 33.2 Å². The second-order valence-electron chi connectivity index (χ2n) is 8.57. The lowest BCUT2D eigenvalue weighted by Gasteiger charge is -2.32. The fourth-order valence-corrected chi connectivity index (χ4v) is 4.37. The zero-order valence-corrected chi connectivity index (χ0v) is 21.1. The minimum atomic E-state index is -1.22. The highest BCUT2D eigenvalue weighted by Crippen LogP contribution is 2.41. The number of benzene rings is 3. The quantitative estimate of drug-likeness (QED) is 0.468. The van der Waals surface area contributed by atoms with Crippen molar-refractivity contribution in [3.63, 3.8) is 0 Å². The number of rotatable bonds is 8. The molecule has 0 spiro atoms. The van der Waals surface area contributed by atoms with Gasteiger partial charge in [-0.2, -0.15) is 0 Å². The van der Waals surface area contributed by atoms with Crippen LogP contribution in [0.5, 0.6) is 34.5 Å². The van der Waals surface area contributed by atoms with Crippen molar-refractivity contribution in [1.82, 2.24) is 5.32 Å². The van der Waals surface area contributed by atoms with Gasteiger partial charge in [-0.25, -0.2) is 4.79 Å². The zero-order chi connectivity index (χ0) is 26.6. The summed E-state index contributed by atoms with van der Waals surface area (Å²) in [5, 5.41) is 2.72. The monoisotopic (exact) mass is 521 g/mol. The van der Waals surface area contributed by atoms with Crippen molar-refractivity contribution in [2.75, 3.05) is 34.7 Å². The molecule has 1 N–H and O–H groups in total. The van der Waals surface area contributed by atoms with E-state index in [1.54, 1.807) is 56.7 Å². The molecule has 10 nitrogen and oxygen atoms in total. The number of hydrogen-bond acceptors (Lipinski definition) is 9. The van der Waals surface area contributed by atoms with Gasteiger partial charge in [-0.1, -0.05) is 12.1 Å². The van der Waals surface area contributed by atoms with Crippen molar-refractivity contribution in [3.8, 4) is 34.5 Å². The molecular formula is C28H27NO9. The predicted molar refractivity (Wildman–Crippen MR) is 135 cm³/mol. The molecule has 2 aliphatic heterocycles. The number of alkyl carbamates (subject to hydrolysis) is 1. The maximum absolute atomic E-state index is 13.5. The molecule has 2 aliphatic rings. The Morgan fingerprint density at radius 3 is 2.50 bits per heavy atom. The van der Waals surface area contributed by atoms with E-state index in [1.807, 2.05) is 12.1 Å². The molecule has 10 heteroatoms. The van der Waals surface area contributed by atoms with Gasteiger partial charge in [0.15, 0.2) is 29.1 Å². The van der Waals surface area contributed by atoms with Gasteiger partial charge in [-0.15, -0.1) is 0 Å². The van der Waals surface area contributed by atoms with E-state index >= 15 is 0 Å². The summed E-state index contributed by atoms with van der Waals surface area (Å²) in [6.45, 7) is 0.379. The summed E-state index contributed by atoms with van der Waals surface area (Å²) in [5.74, 6) is 2.81. The summed E-state index contributed by atoms with van der Waals surface area (Å²) >= 11 is 0. The van der Waals surface area contributed by atoms with Gasteiger partial charge < -0.3 is 38.5 Å². The number of Topliss-reactive ketones (excluding diaryl/α,β-unsaturated/α-hetero) is 1. The van der Waals surface area contributed by atoms with E-state index in [-0.39, 0.29) is 19.1 Å². The van der Waals surface area contributed by atoms with Gasteiger partial charge in [0.25, 0.3) is 0 Å². The number of ether oxygens (including phenoxy) is 7. The Balaban J connectivity index is 1.32. The van der Waals surface area contributed by atoms with Crippen LogP contribution in [-0.2, 0) is 11.2 Å². The first-order valence-electron chi connectivity index (χ1n) is 11.9. The number of methoxy groups -OCH3 is 3. The number of carbonyl (C=O) groups excluding carboxylic acids is 2. The Hall–Kier alpha value is -4.60. The lowest BCUT2D eigenvalue weighted by Crippen LogP contribution is -2.42. The second kappa shape index (κ2) is 10.8. The minimum absolute atomic E-state index is 0.103. The Bertz CT molecular complexity index is 1360. The Morgan fingerprint density at radius 1 is 0.895 bits per heavy atom. The smallest absolute Gasteiger partial charge is 0.408 e. The molecule has 3 aromatic rings. The second-order valence-corrected chi connectivity index (χ2v) is 8.57. The molecule has 38 heavy (non-hydrogen) atoms. The molecule has 0 bridgehead atoms. The van der Waals surface area contributed by atoms with Gasteiger partial charge in [0.05, 0.1) is 26.9 Å². The number of fused-ring (bicyclic) bond motifs is 2. The maximum Gasteiger partial charge on any atom is 0.408 e. The van der Waals surface area contributed by atoms with Crippen LogP contribution in [0, 0.1) is 0 Å². The van der Waals surface area contributed by atoms with Crippen molar-refractivity contribution in [2.45, 2.75) is 18.6 Å². The minimum Gasteiger partial charge on any atom is -0.497 e. The zero-order valence-electron chi connectivity index (χ0n) is 21.1.